The Bertz CT molecular complexity index is 932. The zero-order valence-corrected chi connectivity index (χ0v) is 15.7. The van der Waals surface area contributed by atoms with Crippen LogP contribution in [0, 0.1) is 11.7 Å². The van der Waals surface area contributed by atoms with Gasteiger partial charge in [0.25, 0.3) is 0 Å². The second kappa shape index (κ2) is 8.44. The Morgan fingerprint density at radius 3 is 2.39 bits per heavy atom. The molecule has 0 unspecified atom stereocenters. The molecule has 0 saturated carbocycles. The average Bonchev–Trinajstić information content (AvgIpc) is 2.75. The van der Waals surface area contributed by atoms with Gasteiger partial charge >= 0.3 is 0 Å². The molecule has 0 N–H and O–H groups in total. The van der Waals surface area contributed by atoms with E-state index in [1.807, 2.05) is 30.5 Å². The van der Waals surface area contributed by atoms with Crippen LogP contribution < -0.4 is 0 Å². The number of rotatable bonds is 5. The Balaban J connectivity index is 1.36. The van der Waals surface area contributed by atoms with Gasteiger partial charge in [-0.3, -0.25) is 14.7 Å². The number of pyridine rings is 1. The molecule has 142 valence electrons. The van der Waals surface area contributed by atoms with Crippen molar-refractivity contribution >= 4 is 5.78 Å². The molecule has 1 saturated heterocycles. The van der Waals surface area contributed by atoms with Gasteiger partial charge in [-0.1, -0.05) is 30.3 Å². The molecule has 1 aliphatic heterocycles. The van der Waals surface area contributed by atoms with E-state index in [0.717, 1.165) is 38.2 Å². The number of nitrogens with zero attached hydrogens (tertiary/aromatic N) is 2. The SMILES string of the molecule is O=C(c1ccc(F)cc1)C1CCN(Cc2cc(-c3ccccc3)ccn2)CC1. The number of hydrogen-bond donors (Lipinski definition) is 0. The number of benzene rings is 2. The highest BCUT2D eigenvalue weighted by atomic mass is 19.1. The molecular formula is C24H23FN2O. The summed E-state index contributed by atoms with van der Waals surface area (Å²) in [5.74, 6) is -0.161. The summed E-state index contributed by atoms with van der Waals surface area (Å²) in [7, 11) is 0. The van der Waals surface area contributed by atoms with E-state index in [-0.39, 0.29) is 17.5 Å². The van der Waals surface area contributed by atoms with E-state index in [9.17, 15) is 9.18 Å². The third-order valence-corrected chi connectivity index (χ3v) is 5.40. The van der Waals surface area contributed by atoms with Crippen LogP contribution in [0.5, 0.6) is 0 Å². The Morgan fingerprint density at radius 2 is 1.68 bits per heavy atom. The number of carbonyl (C=O) groups excluding carboxylic acids is 1. The van der Waals surface area contributed by atoms with Crippen molar-refractivity contribution in [2.24, 2.45) is 5.92 Å². The lowest BCUT2D eigenvalue weighted by Crippen LogP contribution is -2.36. The molecule has 0 spiro atoms. The van der Waals surface area contributed by atoms with E-state index in [0.29, 0.717) is 5.56 Å². The fourth-order valence-electron chi connectivity index (χ4n) is 3.81. The molecular weight excluding hydrogens is 351 g/mol. The number of ketones is 1. The fourth-order valence-corrected chi connectivity index (χ4v) is 3.81. The van der Waals surface area contributed by atoms with Gasteiger partial charge in [0, 0.05) is 24.2 Å². The quantitative estimate of drug-likeness (QED) is 0.591. The standard InChI is InChI=1S/C24H23FN2O/c25-22-8-6-19(7-9-22)24(28)20-11-14-27(15-12-20)17-23-16-21(10-13-26-23)18-4-2-1-3-5-18/h1-10,13,16,20H,11-12,14-15,17H2. The number of halogens is 1. The lowest BCUT2D eigenvalue weighted by atomic mass is 9.89. The normalized spacial score (nSPS) is 15.5. The third kappa shape index (κ3) is 4.34. The average molecular weight is 374 g/mol. The highest BCUT2D eigenvalue weighted by molar-refractivity contribution is 5.97. The predicted molar refractivity (Wildman–Crippen MR) is 108 cm³/mol. The lowest BCUT2D eigenvalue weighted by molar-refractivity contribution is 0.0834. The van der Waals surface area contributed by atoms with Crippen LogP contribution in [-0.4, -0.2) is 28.8 Å². The van der Waals surface area contributed by atoms with E-state index >= 15 is 0 Å². The van der Waals surface area contributed by atoms with Gasteiger partial charge in [-0.25, -0.2) is 4.39 Å². The maximum absolute atomic E-state index is 13.1. The minimum atomic E-state index is -0.309. The van der Waals surface area contributed by atoms with Crippen molar-refractivity contribution < 1.29 is 9.18 Å². The number of Topliss-reactive ketones (excluding diaryl/α,β-unsaturated/α-hetero) is 1. The number of carbonyl (C=O) groups is 1. The molecule has 3 nitrogen and oxygen atoms in total. The lowest BCUT2D eigenvalue weighted by Gasteiger charge is -2.31. The van der Waals surface area contributed by atoms with Gasteiger partial charge in [0.2, 0.25) is 0 Å². The van der Waals surface area contributed by atoms with Crippen LogP contribution in [0.15, 0.2) is 72.9 Å². The largest absolute Gasteiger partial charge is 0.297 e. The first kappa shape index (κ1) is 18.5. The van der Waals surface area contributed by atoms with Crippen molar-refractivity contribution in [2.45, 2.75) is 19.4 Å². The van der Waals surface area contributed by atoms with Crippen LogP contribution in [0.25, 0.3) is 11.1 Å². The Kier molecular flexibility index (Phi) is 5.58. The summed E-state index contributed by atoms with van der Waals surface area (Å²) < 4.78 is 13.1. The summed E-state index contributed by atoms with van der Waals surface area (Å²) >= 11 is 0. The molecule has 3 aromatic rings. The number of aromatic nitrogens is 1. The molecule has 1 aliphatic rings. The molecule has 28 heavy (non-hydrogen) atoms. The zero-order valence-electron chi connectivity index (χ0n) is 15.7. The van der Waals surface area contributed by atoms with Gasteiger partial charge in [0.15, 0.2) is 5.78 Å². The van der Waals surface area contributed by atoms with E-state index < -0.39 is 0 Å². The molecule has 2 aromatic carbocycles. The molecule has 1 aromatic heterocycles. The first-order valence-corrected chi connectivity index (χ1v) is 9.71. The van der Waals surface area contributed by atoms with Crippen LogP contribution in [0.3, 0.4) is 0 Å². The minimum Gasteiger partial charge on any atom is -0.297 e. The Morgan fingerprint density at radius 1 is 0.964 bits per heavy atom. The highest BCUT2D eigenvalue weighted by Gasteiger charge is 2.26. The van der Waals surface area contributed by atoms with E-state index in [1.54, 1.807) is 12.1 Å². The van der Waals surface area contributed by atoms with Crippen LogP contribution in [0.4, 0.5) is 4.39 Å². The second-order valence-electron chi connectivity index (χ2n) is 7.32. The summed E-state index contributed by atoms with van der Waals surface area (Å²) in [4.78, 5) is 19.5. The topological polar surface area (TPSA) is 33.2 Å². The third-order valence-electron chi connectivity index (χ3n) is 5.40. The molecule has 0 atom stereocenters. The van der Waals surface area contributed by atoms with Crippen molar-refractivity contribution in [1.29, 1.82) is 0 Å². The van der Waals surface area contributed by atoms with Crippen molar-refractivity contribution in [1.82, 2.24) is 9.88 Å². The molecule has 0 radical (unpaired) electrons. The first-order valence-electron chi connectivity index (χ1n) is 9.71. The molecule has 4 rings (SSSR count). The zero-order chi connectivity index (χ0) is 19.3. The molecule has 4 heteroatoms. The fraction of sp³-hybridized carbons (Fsp3) is 0.250. The van der Waals surface area contributed by atoms with E-state index in [1.165, 1.54) is 23.3 Å². The number of likely N-dealkylation sites (tertiary alicyclic amines) is 1. The highest BCUT2D eigenvalue weighted by Crippen LogP contribution is 2.24. The molecule has 0 amide bonds. The summed E-state index contributed by atoms with van der Waals surface area (Å²) in [6.45, 7) is 2.53. The number of hydrogen-bond acceptors (Lipinski definition) is 3. The summed E-state index contributed by atoms with van der Waals surface area (Å²) in [6.07, 6.45) is 3.52. The minimum absolute atomic E-state index is 0.0188. The molecule has 0 bridgehead atoms. The maximum Gasteiger partial charge on any atom is 0.166 e. The Labute approximate surface area is 164 Å². The second-order valence-corrected chi connectivity index (χ2v) is 7.32. The van der Waals surface area contributed by atoms with Crippen LogP contribution in [-0.2, 0) is 6.54 Å². The molecule has 1 fully saturated rings. The summed E-state index contributed by atoms with van der Waals surface area (Å²) in [6, 6.07) is 20.4. The van der Waals surface area contributed by atoms with Crippen molar-refractivity contribution in [3.05, 3.63) is 90.0 Å². The van der Waals surface area contributed by atoms with Gasteiger partial charge < -0.3 is 0 Å². The van der Waals surface area contributed by atoms with Gasteiger partial charge in [-0.05, 0) is 73.5 Å². The smallest absolute Gasteiger partial charge is 0.166 e. The maximum atomic E-state index is 13.1. The summed E-state index contributed by atoms with van der Waals surface area (Å²) in [5, 5.41) is 0. The van der Waals surface area contributed by atoms with Crippen LogP contribution in [0.2, 0.25) is 0 Å². The van der Waals surface area contributed by atoms with Gasteiger partial charge in [-0.2, -0.15) is 0 Å². The number of piperidine rings is 1. The first-order chi connectivity index (χ1) is 13.7. The van der Waals surface area contributed by atoms with Gasteiger partial charge in [0.05, 0.1) is 5.69 Å². The van der Waals surface area contributed by atoms with Gasteiger partial charge in [0.1, 0.15) is 5.82 Å². The monoisotopic (exact) mass is 374 g/mol. The van der Waals surface area contributed by atoms with Crippen molar-refractivity contribution in [3.8, 4) is 11.1 Å². The molecule has 2 heterocycles. The summed E-state index contributed by atoms with van der Waals surface area (Å²) in [5.41, 5.74) is 4.02. The van der Waals surface area contributed by atoms with E-state index in [2.05, 4.69) is 28.1 Å². The molecule has 0 aliphatic carbocycles. The van der Waals surface area contributed by atoms with Gasteiger partial charge in [-0.15, -0.1) is 0 Å². The Hall–Kier alpha value is -2.85. The van der Waals surface area contributed by atoms with Crippen molar-refractivity contribution in [2.75, 3.05) is 13.1 Å². The predicted octanol–water partition coefficient (Wildman–Crippen LogP) is 4.98. The van der Waals surface area contributed by atoms with E-state index in [4.69, 9.17) is 0 Å². The van der Waals surface area contributed by atoms with Crippen LogP contribution >= 0.6 is 0 Å². The van der Waals surface area contributed by atoms with Crippen molar-refractivity contribution in [3.63, 3.8) is 0 Å². The van der Waals surface area contributed by atoms with Crippen LogP contribution in [0.1, 0.15) is 28.9 Å².